The normalized spacial score (nSPS) is 17.8. The first-order valence-electron chi connectivity index (χ1n) is 14.8. The van der Waals surface area contributed by atoms with E-state index >= 15 is 0 Å². The van der Waals surface area contributed by atoms with Crippen LogP contribution in [0.15, 0.2) is 25.3 Å². The second kappa shape index (κ2) is 12.5. The van der Waals surface area contributed by atoms with E-state index in [1.807, 2.05) is 6.92 Å². The number of ether oxygens (including phenoxy) is 2. The number of hydrogen-bond acceptors (Lipinski definition) is 6. The third kappa shape index (κ3) is 5.93. The number of aromatic amines is 1. The summed E-state index contributed by atoms with van der Waals surface area (Å²) in [6.07, 6.45) is 9.12. The lowest BCUT2D eigenvalue weighted by Crippen LogP contribution is -2.58. The highest BCUT2D eigenvalue weighted by Gasteiger charge is 2.57. The van der Waals surface area contributed by atoms with E-state index in [0.717, 1.165) is 44.9 Å². The number of fused-ring (bicyclic) bond motifs is 1. The van der Waals surface area contributed by atoms with Gasteiger partial charge in [0.15, 0.2) is 5.65 Å². The highest BCUT2D eigenvalue weighted by molar-refractivity contribution is 6.01. The van der Waals surface area contributed by atoms with E-state index in [4.69, 9.17) is 14.6 Å². The molecule has 1 unspecified atom stereocenters. The summed E-state index contributed by atoms with van der Waals surface area (Å²) in [5.41, 5.74) is -1.19. The van der Waals surface area contributed by atoms with Gasteiger partial charge in [0.1, 0.15) is 28.6 Å². The topological polar surface area (TPSA) is 113 Å². The maximum absolute atomic E-state index is 14.1. The fourth-order valence-electron chi connectivity index (χ4n) is 6.13. The van der Waals surface area contributed by atoms with E-state index in [-0.39, 0.29) is 52.5 Å². The minimum Gasteiger partial charge on any atom is -0.455 e. The molecular formula is C32H47N5O4. The molecule has 2 heterocycles. The third-order valence-corrected chi connectivity index (χ3v) is 9.29. The standard InChI is InChI=1S/C32H47N5O4/c1-10-14-16-22(13-4)25-34-26-24(28(38)41-32(9)30(5,6)17-15-18-31(32,7)8)23(21-33)27(37(26)35-25)40-29(39)36(19-11-2)20-12-3/h11-12,22H,2-3,10,13-20H2,1,4-9H3,(H,34,35). The Labute approximate surface area is 244 Å². The van der Waals surface area contributed by atoms with Gasteiger partial charge in [-0.05, 0) is 32.6 Å². The largest absolute Gasteiger partial charge is 0.455 e. The molecule has 1 aliphatic rings. The molecule has 1 atom stereocenters. The molecule has 1 saturated carbocycles. The maximum Gasteiger partial charge on any atom is 0.417 e. The summed E-state index contributed by atoms with van der Waals surface area (Å²) in [5.74, 6) is 0.0282. The monoisotopic (exact) mass is 565 g/mol. The average molecular weight is 566 g/mol. The molecular weight excluding hydrogens is 518 g/mol. The predicted molar refractivity (Wildman–Crippen MR) is 160 cm³/mol. The lowest BCUT2D eigenvalue weighted by molar-refractivity contribution is -0.167. The number of rotatable bonds is 12. The van der Waals surface area contributed by atoms with Gasteiger partial charge in [-0.3, -0.25) is 0 Å². The molecule has 1 N–H and O–H groups in total. The molecule has 9 heteroatoms. The minimum atomic E-state index is -0.812. The summed E-state index contributed by atoms with van der Waals surface area (Å²) >= 11 is 0. The summed E-state index contributed by atoms with van der Waals surface area (Å²) in [6, 6.07) is 2.10. The molecule has 0 aromatic carbocycles. The van der Waals surface area contributed by atoms with Crippen LogP contribution in [0.5, 0.6) is 5.88 Å². The number of unbranched alkanes of at least 4 members (excludes halogenated alkanes) is 1. The highest BCUT2D eigenvalue weighted by atomic mass is 16.6. The SMILES string of the molecule is C=CCN(CC=C)C(=O)Oc1c(C#N)c(C(=O)OC2(C)C(C)(C)CCCC2(C)C)c2[nH]c(C(CC)CCCC)nn12. The van der Waals surface area contributed by atoms with E-state index in [0.29, 0.717) is 5.82 Å². The second-order valence-electron chi connectivity index (χ2n) is 12.6. The number of H-pyrrole nitrogens is 1. The molecule has 1 aliphatic carbocycles. The fraction of sp³-hybridized carbons (Fsp3) is 0.625. The molecule has 41 heavy (non-hydrogen) atoms. The number of esters is 1. The van der Waals surface area contributed by atoms with E-state index in [1.54, 1.807) is 12.2 Å². The van der Waals surface area contributed by atoms with E-state index in [1.165, 1.54) is 9.42 Å². The molecule has 1 amide bonds. The number of amides is 1. The van der Waals surface area contributed by atoms with Crippen LogP contribution in [-0.2, 0) is 4.74 Å². The number of nitriles is 1. The number of nitrogens with one attached hydrogen (secondary N) is 1. The van der Waals surface area contributed by atoms with Crippen LogP contribution >= 0.6 is 0 Å². The quantitative estimate of drug-likeness (QED) is 0.210. The van der Waals surface area contributed by atoms with Gasteiger partial charge in [-0.2, -0.15) is 9.78 Å². The Hall–Kier alpha value is -3.54. The number of nitrogens with zero attached hydrogens (tertiary/aromatic N) is 4. The van der Waals surface area contributed by atoms with Crippen LogP contribution in [0.2, 0.25) is 0 Å². The predicted octanol–water partition coefficient (Wildman–Crippen LogP) is 7.54. The molecule has 3 rings (SSSR count). The van der Waals surface area contributed by atoms with Crippen molar-refractivity contribution in [3.63, 3.8) is 0 Å². The van der Waals surface area contributed by atoms with E-state index in [2.05, 4.69) is 65.8 Å². The molecule has 0 saturated heterocycles. The number of carbonyl (C=O) groups is 2. The Balaban J connectivity index is 2.19. The van der Waals surface area contributed by atoms with Gasteiger partial charge in [0, 0.05) is 29.8 Å². The molecule has 2 aromatic heterocycles. The van der Waals surface area contributed by atoms with Crippen molar-refractivity contribution in [3.8, 4) is 11.9 Å². The number of aromatic nitrogens is 3. The Morgan fingerprint density at radius 3 is 2.27 bits per heavy atom. The third-order valence-electron chi connectivity index (χ3n) is 9.29. The van der Waals surface area contributed by atoms with Crippen LogP contribution < -0.4 is 4.74 Å². The van der Waals surface area contributed by atoms with Gasteiger partial charge >= 0.3 is 12.1 Å². The lowest BCUT2D eigenvalue weighted by Gasteiger charge is -2.56. The Morgan fingerprint density at radius 2 is 1.76 bits per heavy atom. The molecule has 224 valence electrons. The Kier molecular flexibility index (Phi) is 9.78. The smallest absolute Gasteiger partial charge is 0.417 e. The first-order chi connectivity index (χ1) is 19.3. The summed E-state index contributed by atoms with van der Waals surface area (Å²) in [5, 5.41) is 15.0. The first kappa shape index (κ1) is 32.0. The summed E-state index contributed by atoms with van der Waals surface area (Å²) in [7, 11) is 0. The highest BCUT2D eigenvalue weighted by Crippen LogP contribution is 2.56. The van der Waals surface area contributed by atoms with E-state index in [9.17, 15) is 14.9 Å². The van der Waals surface area contributed by atoms with Crippen molar-refractivity contribution in [1.29, 1.82) is 5.26 Å². The van der Waals surface area contributed by atoms with Gasteiger partial charge in [0.2, 0.25) is 5.88 Å². The van der Waals surface area contributed by atoms with Crippen molar-refractivity contribution in [3.05, 3.63) is 42.3 Å². The zero-order valence-corrected chi connectivity index (χ0v) is 25.9. The van der Waals surface area contributed by atoms with Gasteiger partial charge < -0.3 is 19.4 Å². The maximum atomic E-state index is 14.1. The molecule has 0 spiro atoms. The van der Waals surface area contributed by atoms with Gasteiger partial charge in [-0.15, -0.1) is 18.3 Å². The van der Waals surface area contributed by atoms with Crippen molar-refractivity contribution >= 4 is 17.7 Å². The van der Waals surface area contributed by atoms with Crippen molar-refractivity contribution in [2.45, 2.75) is 105 Å². The minimum absolute atomic E-state index is 0.0248. The van der Waals surface area contributed by atoms with Crippen molar-refractivity contribution in [1.82, 2.24) is 19.5 Å². The molecule has 0 bridgehead atoms. The molecule has 9 nitrogen and oxygen atoms in total. The summed E-state index contributed by atoms with van der Waals surface area (Å²) in [4.78, 5) is 32.0. The second-order valence-corrected chi connectivity index (χ2v) is 12.6. The average Bonchev–Trinajstić information content (AvgIpc) is 3.45. The molecule has 1 fully saturated rings. The number of hydrogen-bond donors (Lipinski definition) is 1. The van der Waals surface area contributed by atoms with Crippen LogP contribution in [0.4, 0.5) is 4.79 Å². The van der Waals surface area contributed by atoms with Crippen LogP contribution in [0.3, 0.4) is 0 Å². The Bertz CT molecular complexity index is 1300. The van der Waals surface area contributed by atoms with Gasteiger partial charge in [-0.25, -0.2) is 9.59 Å². The van der Waals surface area contributed by atoms with E-state index < -0.39 is 17.7 Å². The van der Waals surface area contributed by atoms with Gasteiger partial charge in [0.25, 0.3) is 0 Å². The molecule has 2 aromatic rings. The van der Waals surface area contributed by atoms with Crippen LogP contribution in [0.25, 0.3) is 5.65 Å². The summed E-state index contributed by atoms with van der Waals surface area (Å²) in [6.45, 7) is 22.6. The van der Waals surface area contributed by atoms with Gasteiger partial charge in [0.05, 0.1) is 0 Å². The molecule has 0 aliphatic heterocycles. The number of carbonyl (C=O) groups excluding carboxylic acids is 2. The van der Waals surface area contributed by atoms with Crippen LogP contribution in [0.1, 0.15) is 121 Å². The zero-order valence-electron chi connectivity index (χ0n) is 25.9. The van der Waals surface area contributed by atoms with Gasteiger partial charge in [-0.1, -0.05) is 73.0 Å². The van der Waals surface area contributed by atoms with Crippen LogP contribution in [-0.4, -0.2) is 50.3 Å². The fourth-order valence-corrected chi connectivity index (χ4v) is 6.13. The zero-order chi connectivity index (χ0) is 30.6. The first-order valence-corrected chi connectivity index (χ1v) is 14.8. The molecule has 0 radical (unpaired) electrons. The van der Waals surface area contributed by atoms with Crippen LogP contribution in [0, 0.1) is 22.2 Å². The van der Waals surface area contributed by atoms with Crippen molar-refractivity contribution < 1.29 is 19.1 Å². The summed E-state index contributed by atoms with van der Waals surface area (Å²) < 4.78 is 13.6. The van der Waals surface area contributed by atoms with Crippen molar-refractivity contribution in [2.24, 2.45) is 10.8 Å². The Morgan fingerprint density at radius 1 is 1.15 bits per heavy atom. The van der Waals surface area contributed by atoms with Crippen molar-refractivity contribution in [2.75, 3.05) is 13.1 Å². The lowest BCUT2D eigenvalue weighted by atomic mass is 9.54.